The zero-order chi connectivity index (χ0) is 14.4. The van der Waals surface area contributed by atoms with E-state index >= 15 is 0 Å². The van der Waals surface area contributed by atoms with Crippen molar-refractivity contribution in [1.29, 1.82) is 0 Å². The van der Waals surface area contributed by atoms with E-state index in [-0.39, 0.29) is 0 Å². The van der Waals surface area contributed by atoms with Gasteiger partial charge in [-0.25, -0.2) is 4.98 Å². The zero-order valence-electron chi connectivity index (χ0n) is 11.6. The van der Waals surface area contributed by atoms with Crippen LogP contribution in [-0.4, -0.2) is 4.98 Å². The number of hydrogen-bond acceptors (Lipinski definition) is 3. The van der Waals surface area contributed by atoms with E-state index in [9.17, 15) is 0 Å². The summed E-state index contributed by atoms with van der Waals surface area (Å²) in [6.45, 7) is 2.06. The van der Waals surface area contributed by atoms with Crippen LogP contribution in [0.2, 0.25) is 0 Å². The average molecular weight is 274 g/mol. The molecule has 4 aromatic rings. The molecule has 0 unspecified atom stereocenters. The summed E-state index contributed by atoms with van der Waals surface area (Å²) >= 11 is 0. The van der Waals surface area contributed by atoms with Crippen molar-refractivity contribution in [3.05, 3.63) is 60.2 Å². The monoisotopic (exact) mass is 274 g/mol. The van der Waals surface area contributed by atoms with Gasteiger partial charge in [-0.3, -0.25) is 0 Å². The minimum Gasteiger partial charge on any atom is -0.435 e. The number of anilines is 1. The normalized spacial score (nSPS) is 11.3. The fraction of sp³-hybridized carbons (Fsp3) is 0.0556. The molecular weight excluding hydrogens is 260 g/mol. The minimum atomic E-state index is 0.629. The van der Waals surface area contributed by atoms with Gasteiger partial charge in [0, 0.05) is 22.0 Å². The first kappa shape index (κ1) is 12.0. The molecule has 0 spiro atoms. The number of rotatable bonds is 1. The highest BCUT2D eigenvalue weighted by Gasteiger charge is 2.12. The number of hydrogen-bond donors (Lipinski definition) is 1. The van der Waals surface area contributed by atoms with Gasteiger partial charge in [0.1, 0.15) is 5.52 Å². The molecule has 1 heterocycles. The molecule has 0 aliphatic carbocycles. The first-order valence-electron chi connectivity index (χ1n) is 6.87. The molecule has 102 valence electrons. The highest BCUT2D eigenvalue weighted by atomic mass is 16.3. The molecule has 0 aliphatic heterocycles. The van der Waals surface area contributed by atoms with Crippen LogP contribution in [0.1, 0.15) is 5.56 Å². The number of aryl methyl sites for hydroxylation is 1. The predicted octanol–water partition coefficient (Wildman–Crippen LogP) is 4.54. The molecule has 0 fully saturated rings. The Balaban J connectivity index is 2.04. The molecule has 0 bridgehead atoms. The summed E-state index contributed by atoms with van der Waals surface area (Å²) in [6.07, 6.45) is 0. The van der Waals surface area contributed by atoms with Gasteiger partial charge < -0.3 is 10.2 Å². The van der Waals surface area contributed by atoms with E-state index in [4.69, 9.17) is 10.2 Å². The summed E-state index contributed by atoms with van der Waals surface area (Å²) in [5.41, 5.74) is 10.6. The standard InChI is InChI=1S/C18H14N2O/c1-11-5-4-6-12(9-11)18-20-16-10-15(19)13-7-2-3-8-14(13)17(16)21-18/h2-10H,19H2,1H3. The first-order chi connectivity index (χ1) is 10.2. The maximum atomic E-state index is 6.11. The number of nitrogens with zero attached hydrogens (tertiary/aromatic N) is 1. The quantitative estimate of drug-likeness (QED) is 0.518. The van der Waals surface area contributed by atoms with E-state index in [2.05, 4.69) is 24.0 Å². The number of nitrogens with two attached hydrogens (primary N) is 1. The Hall–Kier alpha value is -2.81. The van der Waals surface area contributed by atoms with E-state index in [0.717, 1.165) is 33.1 Å². The maximum absolute atomic E-state index is 6.11. The summed E-state index contributed by atoms with van der Waals surface area (Å²) in [6, 6.07) is 18.0. The molecule has 21 heavy (non-hydrogen) atoms. The van der Waals surface area contributed by atoms with Gasteiger partial charge in [-0.15, -0.1) is 0 Å². The molecule has 0 atom stereocenters. The van der Waals surface area contributed by atoms with Crippen LogP contribution in [-0.2, 0) is 0 Å². The molecule has 4 rings (SSSR count). The van der Waals surface area contributed by atoms with Gasteiger partial charge >= 0.3 is 0 Å². The highest BCUT2D eigenvalue weighted by Crippen LogP contribution is 2.33. The minimum absolute atomic E-state index is 0.629. The smallest absolute Gasteiger partial charge is 0.227 e. The molecule has 2 N–H and O–H groups in total. The molecule has 3 nitrogen and oxygen atoms in total. The summed E-state index contributed by atoms with van der Waals surface area (Å²) < 4.78 is 6.01. The van der Waals surface area contributed by atoms with Crippen LogP contribution in [0.15, 0.2) is 59.0 Å². The molecule has 0 radical (unpaired) electrons. The Bertz CT molecular complexity index is 969. The second-order valence-electron chi connectivity index (χ2n) is 5.25. The molecule has 0 amide bonds. The third-order valence-electron chi connectivity index (χ3n) is 3.69. The lowest BCUT2D eigenvalue weighted by atomic mass is 10.1. The lowest BCUT2D eigenvalue weighted by Gasteiger charge is -2.01. The molecule has 1 aromatic heterocycles. The Morgan fingerprint density at radius 2 is 1.76 bits per heavy atom. The lowest BCUT2D eigenvalue weighted by molar-refractivity contribution is 0.623. The van der Waals surface area contributed by atoms with Crippen molar-refractivity contribution >= 4 is 27.6 Å². The fourth-order valence-corrected chi connectivity index (χ4v) is 2.68. The van der Waals surface area contributed by atoms with E-state index in [1.165, 1.54) is 5.56 Å². The topological polar surface area (TPSA) is 52.0 Å². The second-order valence-corrected chi connectivity index (χ2v) is 5.25. The third-order valence-corrected chi connectivity index (χ3v) is 3.69. The number of benzene rings is 3. The molecule has 0 aliphatic rings. The Morgan fingerprint density at radius 3 is 2.57 bits per heavy atom. The van der Waals surface area contributed by atoms with E-state index in [0.29, 0.717) is 5.89 Å². The average Bonchev–Trinajstić information content (AvgIpc) is 2.92. The van der Waals surface area contributed by atoms with Gasteiger partial charge in [-0.2, -0.15) is 0 Å². The van der Waals surface area contributed by atoms with Crippen molar-refractivity contribution in [1.82, 2.24) is 4.98 Å². The van der Waals surface area contributed by atoms with Gasteiger partial charge in [0.05, 0.1) is 0 Å². The number of oxazole rings is 1. The lowest BCUT2D eigenvalue weighted by Crippen LogP contribution is -1.87. The summed E-state index contributed by atoms with van der Waals surface area (Å²) in [5, 5.41) is 2.00. The SMILES string of the molecule is Cc1cccc(-c2nc3cc(N)c4ccccc4c3o2)c1. The number of aromatic nitrogens is 1. The van der Waals surface area contributed by atoms with Crippen molar-refractivity contribution in [2.24, 2.45) is 0 Å². The maximum Gasteiger partial charge on any atom is 0.227 e. The Kier molecular flexibility index (Phi) is 2.48. The zero-order valence-corrected chi connectivity index (χ0v) is 11.6. The molecular formula is C18H14N2O. The summed E-state index contributed by atoms with van der Waals surface area (Å²) in [7, 11) is 0. The number of fused-ring (bicyclic) bond motifs is 3. The molecule has 0 saturated carbocycles. The fourth-order valence-electron chi connectivity index (χ4n) is 2.68. The second kappa shape index (κ2) is 4.35. The molecule has 0 saturated heterocycles. The largest absolute Gasteiger partial charge is 0.435 e. The predicted molar refractivity (Wildman–Crippen MR) is 86.1 cm³/mol. The Labute approximate surface area is 122 Å². The van der Waals surface area contributed by atoms with Gasteiger partial charge in [0.2, 0.25) is 5.89 Å². The van der Waals surface area contributed by atoms with Gasteiger partial charge in [0.25, 0.3) is 0 Å². The van der Waals surface area contributed by atoms with Crippen LogP contribution >= 0.6 is 0 Å². The van der Waals surface area contributed by atoms with Crippen LogP contribution in [0.3, 0.4) is 0 Å². The van der Waals surface area contributed by atoms with Crippen molar-refractivity contribution in [2.75, 3.05) is 5.73 Å². The first-order valence-corrected chi connectivity index (χ1v) is 6.87. The Morgan fingerprint density at radius 1 is 0.952 bits per heavy atom. The van der Waals surface area contributed by atoms with Gasteiger partial charge in [0.15, 0.2) is 5.58 Å². The van der Waals surface area contributed by atoms with Crippen LogP contribution in [0.5, 0.6) is 0 Å². The van der Waals surface area contributed by atoms with E-state index < -0.39 is 0 Å². The van der Waals surface area contributed by atoms with Crippen molar-refractivity contribution < 1.29 is 4.42 Å². The van der Waals surface area contributed by atoms with Crippen LogP contribution in [0, 0.1) is 6.92 Å². The highest BCUT2D eigenvalue weighted by molar-refractivity contribution is 6.09. The number of nitrogen functional groups attached to an aromatic ring is 1. The van der Waals surface area contributed by atoms with Gasteiger partial charge in [-0.1, -0.05) is 42.0 Å². The van der Waals surface area contributed by atoms with Crippen LogP contribution in [0.25, 0.3) is 33.3 Å². The van der Waals surface area contributed by atoms with E-state index in [1.807, 2.05) is 42.5 Å². The van der Waals surface area contributed by atoms with Crippen molar-refractivity contribution in [3.63, 3.8) is 0 Å². The van der Waals surface area contributed by atoms with Crippen LogP contribution < -0.4 is 5.73 Å². The van der Waals surface area contributed by atoms with Crippen LogP contribution in [0.4, 0.5) is 5.69 Å². The van der Waals surface area contributed by atoms with Crippen molar-refractivity contribution in [2.45, 2.75) is 6.92 Å². The summed E-state index contributed by atoms with van der Waals surface area (Å²) in [5.74, 6) is 0.629. The summed E-state index contributed by atoms with van der Waals surface area (Å²) in [4.78, 5) is 4.59. The van der Waals surface area contributed by atoms with Crippen molar-refractivity contribution in [3.8, 4) is 11.5 Å². The molecule has 3 heteroatoms. The molecule has 3 aromatic carbocycles. The van der Waals surface area contributed by atoms with E-state index in [1.54, 1.807) is 0 Å². The third kappa shape index (κ3) is 1.86. The van der Waals surface area contributed by atoms with Gasteiger partial charge in [-0.05, 0) is 25.1 Å².